The van der Waals surface area contributed by atoms with Crippen molar-refractivity contribution in [3.05, 3.63) is 70.4 Å². The van der Waals surface area contributed by atoms with Gasteiger partial charge in [-0.05, 0) is 43.2 Å². The van der Waals surface area contributed by atoms with Crippen LogP contribution in [0, 0.1) is 0 Å². The fourth-order valence-corrected chi connectivity index (χ4v) is 4.59. The molecule has 1 amide bonds. The molecule has 0 radical (unpaired) electrons. The number of hydrogen-bond acceptors (Lipinski definition) is 7. The van der Waals surface area contributed by atoms with E-state index in [9.17, 15) is 9.59 Å². The number of carbonyl (C=O) groups is 1. The minimum Gasteiger partial charge on any atom is -0.495 e. The second kappa shape index (κ2) is 9.62. The monoisotopic (exact) mass is 463 g/mol. The Morgan fingerprint density at radius 2 is 1.68 bits per heavy atom. The highest BCUT2D eigenvalue weighted by Crippen LogP contribution is 2.29. The molecule has 2 saturated heterocycles. The number of carbonyl (C=O) groups excluding carboxylic acids is 1. The van der Waals surface area contributed by atoms with Crippen molar-refractivity contribution in [3.8, 4) is 5.75 Å². The standard InChI is InChI=1S/C25H29N5O4/c1-33-21-7-3-2-6-20(21)27-14-16-28(17-15-27)23-10-11-24(31)30(26-23)18-19-8-9-22(34-19)25(32)29-12-4-5-13-29/h2-3,6-11H,4-5,12-18H2,1H3. The Morgan fingerprint density at radius 1 is 0.941 bits per heavy atom. The number of rotatable bonds is 6. The number of ether oxygens (including phenoxy) is 1. The molecule has 2 fully saturated rings. The summed E-state index contributed by atoms with van der Waals surface area (Å²) in [7, 11) is 1.69. The topological polar surface area (TPSA) is 84.0 Å². The van der Waals surface area contributed by atoms with Crippen molar-refractivity contribution in [1.82, 2.24) is 14.7 Å². The molecule has 9 nitrogen and oxygen atoms in total. The predicted molar refractivity (Wildman–Crippen MR) is 129 cm³/mol. The fraction of sp³-hybridized carbons (Fsp3) is 0.400. The van der Waals surface area contributed by atoms with E-state index in [0.717, 1.165) is 69.4 Å². The average molecular weight is 464 g/mol. The molecule has 0 unspecified atom stereocenters. The fourth-order valence-electron chi connectivity index (χ4n) is 4.59. The van der Waals surface area contributed by atoms with E-state index in [1.165, 1.54) is 10.7 Å². The third-order valence-electron chi connectivity index (χ3n) is 6.45. The minimum absolute atomic E-state index is 0.0919. The molecule has 0 N–H and O–H groups in total. The van der Waals surface area contributed by atoms with Gasteiger partial charge in [0.2, 0.25) is 0 Å². The first kappa shape index (κ1) is 22.1. The number of piperazine rings is 1. The van der Waals surface area contributed by atoms with E-state index in [0.29, 0.717) is 11.5 Å². The number of furan rings is 1. The summed E-state index contributed by atoms with van der Waals surface area (Å²) in [5.74, 6) is 2.37. The lowest BCUT2D eigenvalue weighted by Crippen LogP contribution is -2.47. The minimum atomic E-state index is -0.208. The third-order valence-corrected chi connectivity index (χ3v) is 6.45. The van der Waals surface area contributed by atoms with Crippen LogP contribution in [0.5, 0.6) is 5.75 Å². The van der Waals surface area contributed by atoms with Crippen LogP contribution >= 0.6 is 0 Å². The van der Waals surface area contributed by atoms with Gasteiger partial charge in [-0.2, -0.15) is 5.10 Å². The Kier molecular flexibility index (Phi) is 6.24. The molecule has 178 valence electrons. The number of likely N-dealkylation sites (tertiary alicyclic amines) is 1. The first-order valence-electron chi connectivity index (χ1n) is 11.7. The van der Waals surface area contributed by atoms with E-state index in [-0.39, 0.29) is 18.0 Å². The van der Waals surface area contributed by atoms with Gasteiger partial charge >= 0.3 is 0 Å². The van der Waals surface area contributed by atoms with Gasteiger partial charge in [0.25, 0.3) is 11.5 Å². The number of amides is 1. The number of benzene rings is 1. The van der Waals surface area contributed by atoms with Crippen LogP contribution in [-0.2, 0) is 6.54 Å². The van der Waals surface area contributed by atoms with Gasteiger partial charge < -0.3 is 23.9 Å². The van der Waals surface area contributed by atoms with E-state index in [1.807, 2.05) is 18.2 Å². The number of nitrogens with zero attached hydrogens (tertiary/aromatic N) is 5. The maximum atomic E-state index is 12.5. The molecule has 0 saturated carbocycles. The lowest BCUT2D eigenvalue weighted by molar-refractivity contribution is 0.0759. The van der Waals surface area contributed by atoms with Crippen LogP contribution in [0.15, 0.2) is 57.7 Å². The van der Waals surface area contributed by atoms with Crippen molar-refractivity contribution in [3.63, 3.8) is 0 Å². The number of aromatic nitrogens is 2. The first-order chi connectivity index (χ1) is 16.6. The second-order valence-corrected chi connectivity index (χ2v) is 8.60. The number of anilines is 2. The zero-order valence-electron chi connectivity index (χ0n) is 19.4. The molecule has 0 spiro atoms. The molecule has 3 aromatic rings. The number of hydrogen-bond donors (Lipinski definition) is 0. The van der Waals surface area contributed by atoms with Crippen molar-refractivity contribution in [2.24, 2.45) is 0 Å². The van der Waals surface area contributed by atoms with Crippen LogP contribution in [0.1, 0.15) is 29.2 Å². The highest BCUT2D eigenvalue weighted by Gasteiger charge is 2.23. The molecular weight excluding hydrogens is 434 g/mol. The molecule has 0 atom stereocenters. The summed E-state index contributed by atoms with van der Waals surface area (Å²) in [5.41, 5.74) is 0.875. The Labute approximate surface area is 198 Å². The van der Waals surface area contributed by atoms with Crippen molar-refractivity contribution in [2.45, 2.75) is 19.4 Å². The van der Waals surface area contributed by atoms with Gasteiger partial charge in [0.1, 0.15) is 23.9 Å². The molecule has 4 heterocycles. The van der Waals surface area contributed by atoms with Crippen molar-refractivity contribution in [1.29, 1.82) is 0 Å². The summed E-state index contributed by atoms with van der Waals surface area (Å²) in [4.78, 5) is 31.3. The maximum absolute atomic E-state index is 12.5. The van der Waals surface area contributed by atoms with E-state index < -0.39 is 0 Å². The van der Waals surface area contributed by atoms with Gasteiger partial charge in [-0.3, -0.25) is 9.59 Å². The Hall–Kier alpha value is -3.75. The zero-order chi connectivity index (χ0) is 23.5. The lowest BCUT2D eigenvalue weighted by atomic mass is 10.2. The van der Waals surface area contributed by atoms with Gasteiger partial charge in [0, 0.05) is 45.3 Å². The molecule has 2 aliphatic heterocycles. The summed E-state index contributed by atoms with van der Waals surface area (Å²) < 4.78 is 12.7. The Balaban J connectivity index is 1.26. The SMILES string of the molecule is COc1ccccc1N1CCN(c2ccc(=O)n(Cc3ccc(C(=O)N4CCCC4)o3)n2)CC1. The third kappa shape index (κ3) is 4.50. The molecule has 1 aromatic carbocycles. The number of para-hydroxylation sites is 2. The average Bonchev–Trinajstić information content (AvgIpc) is 3.58. The van der Waals surface area contributed by atoms with E-state index in [1.54, 1.807) is 30.2 Å². The second-order valence-electron chi connectivity index (χ2n) is 8.60. The zero-order valence-corrected chi connectivity index (χ0v) is 19.4. The van der Waals surface area contributed by atoms with Gasteiger partial charge in [-0.15, -0.1) is 0 Å². The van der Waals surface area contributed by atoms with Gasteiger partial charge in [0.15, 0.2) is 5.76 Å². The summed E-state index contributed by atoms with van der Waals surface area (Å²) in [5, 5.41) is 4.59. The van der Waals surface area contributed by atoms with Gasteiger partial charge in [-0.1, -0.05) is 12.1 Å². The highest BCUT2D eigenvalue weighted by atomic mass is 16.5. The van der Waals surface area contributed by atoms with Crippen LogP contribution in [0.4, 0.5) is 11.5 Å². The highest BCUT2D eigenvalue weighted by molar-refractivity contribution is 5.91. The maximum Gasteiger partial charge on any atom is 0.289 e. The molecule has 9 heteroatoms. The smallest absolute Gasteiger partial charge is 0.289 e. The predicted octanol–water partition coefficient (Wildman–Crippen LogP) is 2.46. The van der Waals surface area contributed by atoms with Gasteiger partial charge in [0.05, 0.1) is 12.8 Å². The molecular formula is C25H29N5O4. The van der Waals surface area contributed by atoms with E-state index >= 15 is 0 Å². The van der Waals surface area contributed by atoms with Crippen molar-refractivity contribution < 1.29 is 13.9 Å². The molecule has 2 aliphatic rings. The molecule has 2 aromatic heterocycles. The molecule has 0 aliphatic carbocycles. The van der Waals surface area contributed by atoms with Crippen molar-refractivity contribution in [2.75, 3.05) is 56.2 Å². The molecule has 34 heavy (non-hydrogen) atoms. The Bertz CT molecular complexity index is 1210. The molecule has 5 rings (SSSR count). The quantitative estimate of drug-likeness (QED) is 0.555. The van der Waals surface area contributed by atoms with Crippen molar-refractivity contribution >= 4 is 17.4 Å². The van der Waals surface area contributed by atoms with Crippen LogP contribution in [-0.4, -0.2) is 67.0 Å². The van der Waals surface area contributed by atoms with Gasteiger partial charge in [-0.25, -0.2) is 4.68 Å². The molecule has 0 bridgehead atoms. The first-order valence-corrected chi connectivity index (χ1v) is 11.7. The lowest BCUT2D eigenvalue weighted by Gasteiger charge is -2.37. The van der Waals surface area contributed by atoms with E-state index in [2.05, 4.69) is 21.0 Å². The summed E-state index contributed by atoms with van der Waals surface area (Å²) >= 11 is 0. The van der Waals surface area contributed by atoms with Crippen LogP contribution in [0.3, 0.4) is 0 Å². The van der Waals surface area contributed by atoms with E-state index in [4.69, 9.17) is 9.15 Å². The van der Waals surface area contributed by atoms with Crippen LogP contribution in [0.2, 0.25) is 0 Å². The largest absolute Gasteiger partial charge is 0.495 e. The summed E-state index contributed by atoms with van der Waals surface area (Å²) in [6.07, 6.45) is 2.05. The summed E-state index contributed by atoms with van der Waals surface area (Å²) in [6.45, 7) is 4.91. The normalized spacial score (nSPS) is 16.2. The van der Waals surface area contributed by atoms with Crippen LogP contribution in [0.25, 0.3) is 0 Å². The number of methoxy groups -OCH3 is 1. The Morgan fingerprint density at radius 3 is 2.44 bits per heavy atom. The summed E-state index contributed by atoms with van der Waals surface area (Å²) in [6, 6.07) is 14.8. The van der Waals surface area contributed by atoms with Crippen LogP contribution < -0.4 is 20.1 Å².